The van der Waals surface area contributed by atoms with Crippen molar-refractivity contribution >= 4 is 5.84 Å². The minimum atomic E-state index is 0.00918. The number of rotatable bonds is 3. The summed E-state index contributed by atoms with van der Waals surface area (Å²) in [5.74, 6) is 0.00918. The molecule has 0 saturated carbocycles. The first-order chi connectivity index (χ1) is 7.75. The van der Waals surface area contributed by atoms with Gasteiger partial charge in [-0.15, -0.1) is 0 Å². The quantitative estimate of drug-likeness (QED) is 0.602. The third kappa shape index (κ3) is 2.45. The van der Waals surface area contributed by atoms with E-state index in [4.69, 9.17) is 11.1 Å². The number of nitrogen functional groups attached to an aromatic ring is 1. The van der Waals surface area contributed by atoms with Crippen LogP contribution < -0.4 is 5.73 Å². The number of aromatic nitrogens is 1. The van der Waals surface area contributed by atoms with Crippen molar-refractivity contribution in [1.82, 2.24) is 4.98 Å². The van der Waals surface area contributed by atoms with Crippen LogP contribution in [0.5, 0.6) is 0 Å². The molecule has 2 aromatic rings. The van der Waals surface area contributed by atoms with E-state index in [0.29, 0.717) is 5.69 Å². The van der Waals surface area contributed by atoms with E-state index in [2.05, 4.69) is 17.1 Å². The van der Waals surface area contributed by atoms with Gasteiger partial charge in [0.25, 0.3) is 0 Å². The molecular weight excluding hydrogens is 198 g/mol. The number of nitrogens with zero attached hydrogens (tertiary/aromatic N) is 1. The van der Waals surface area contributed by atoms with Crippen LogP contribution in [0, 0.1) is 5.41 Å². The summed E-state index contributed by atoms with van der Waals surface area (Å²) in [5, 5.41) is 7.33. The second-order valence-corrected chi connectivity index (χ2v) is 3.59. The molecule has 0 aliphatic rings. The van der Waals surface area contributed by atoms with Crippen LogP contribution in [0.2, 0.25) is 0 Å². The Kier molecular flexibility index (Phi) is 2.96. The predicted molar refractivity (Wildman–Crippen MR) is 64.5 cm³/mol. The maximum Gasteiger partial charge on any atom is 0.141 e. The molecule has 0 saturated heterocycles. The highest BCUT2D eigenvalue weighted by atomic mass is 14.8. The van der Waals surface area contributed by atoms with Crippen LogP contribution in [0.3, 0.4) is 0 Å². The topological polar surface area (TPSA) is 62.8 Å². The number of hydrogen-bond donors (Lipinski definition) is 2. The van der Waals surface area contributed by atoms with E-state index in [0.717, 1.165) is 12.1 Å². The lowest BCUT2D eigenvalue weighted by Crippen LogP contribution is -2.13. The van der Waals surface area contributed by atoms with Crippen LogP contribution in [0.4, 0.5) is 0 Å². The van der Waals surface area contributed by atoms with Gasteiger partial charge in [-0.2, -0.15) is 0 Å². The Hall–Kier alpha value is -2.16. The molecule has 0 bridgehead atoms. The zero-order chi connectivity index (χ0) is 11.4. The molecule has 0 fully saturated rings. The molecule has 0 aliphatic heterocycles. The van der Waals surface area contributed by atoms with Gasteiger partial charge in [-0.1, -0.05) is 36.4 Å². The van der Waals surface area contributed by atoms with E-state index in [1.54, 1.807) is 6.07 Å². The van der Waals surface area contributed by atoms with Gasteiger partial charge in [0, 0.05) is 12.1 Å². The van der Waals surface area contributed by atoms with Crippen molar-refractivity contribution in [2.45, 2.75) is 6.42 Å². The van der Waals surface area contributed by atoms with Crippen molar-refractivity contribution < 1.29 is 0 Å². The van der Waals surface area contributed by atoms with E-state index in [1.165, 1.54) is 5.56 Å². The van der Waals surface area contributed by atoms with Crippen molar-refractivity contribution in [3.63, 3.8) is 0 Å². The Balaban J connectivity index is 2.22. The number of benzene rings is 1. The Bertz CT molecular complexity index is 492. The monoisotopic (exact) mass is 211 g/mol. The zero-order valence-electron chi connectivity index (χ0n) is 8.85. The third-order valence-corrected chi connectivity index (χ3v) is 2.31. The fourth-order valence-electron chi connectivity index (χ4n) is 1.53. The molecule has 0 aliphatic carbocycles. The first kappa shape index (κ1) is 10.4. The smallest absolute Gasteiger partial charge is 0.141 e. The van der Waals surface area contributed by atoms with Gasteiger partial charge < -0.3 is 5.73 Å². The molecule has 0 radical (unpaired) electrons. The second-order valence-electron chi connectivity index (χ2n) is 3.59. The highest BCUT2D eigenvalue weighted by Gasteiger charge is 2.01. The maximum atomic E-state index is 7.33. The summed E-state index contributed by atoms with van der Waals surface area (Å²) in [5.41, 5.74) is 8.07. The first-order valence-electron chi connectivity index (χ1n) is 5.10. The largest absolute Gasteiger partial charge is 0.382 e. The summed E-state index contributed by atoms with van der Waals surface area (Å²) in [7, 11) is 0. The number of pyridine rings is 1. The summed E-state index contributed by atoms with van der Waals surface area (Å²) in [6.45, 7) is 0. The number of amidine groups is 1. The van der Waals surface area contributed by atoms with Gasteiger partial charge in [-0.3, -0.25) is 5.41 Å². The molecule has 80 valence electrons. The lowest BCUT2D eigenvalue weighted by molar-refractivity contribution is 1.06. The number of nitrogens with one attached hydrogen (secondary N) is 1. The van der Waals surface area contributed by atoms with Crippen LogP contribution in [0.1, 0.15) is 17.0 Å². The molecule has 0 unspecified atom stereocenters. The average molecular weight is 211 g/mol. The SMILES string of the molecule is N=C(N)c1cccc(Cc2ccccc2)n1. The van der Waals surface area contributed by atoms with Crippen LogP contribution in [-0.2, 0) is 6.42 Å². The van der Waals surface area contributed by atoms with Gasteiger partial charge in [0.2, 0.25) is 0 Å². The van der Waals surface area contributed by atoms with E-state index >= 15 is 0 Å². The molecule has 16 heavy (non-hydrogen) atoms. The molecule has 3 N–H and O–H groups in total. The molecule has 1 heterocycles. The number of hydrogen-bond acceptors (Lipinski definition) is 2. The Labute approximate surface area is 94.5 Å². The van der Waals surface area contributed by atoms with Crippen molar-refractivity contribution in [2.24, 2.45) is 5.73 Å². The van der Waals surface area contributed by atoms with Crippen molar-refractivity contribution in [3.8, 4) is 0 Å². The van der Waals surface area contributed by atoms with Gasteiger partial charge >= 0.3 is 0 Å². The number of nitrogens with two attached hydrogens (primary N) is 1. The van der Waals surface area contributed by atoms with Gasteiger partial charge in [-0.05, 0) is 17.7 Å². The molecule has 3 nitrogen and oxygen atoms in total. The molecular formula is C13H13N3. The van der Waals surface area contributed by atoms with Gasteiger partial charge in [0.05, 0.1) is 0 Å². The second kappa shape index (κ2) is 4.57. The molecule has 0 spiro atoms. The van der Waals surface area contributed by atoms with Crippen LogP contribution in [0.15, 0.2) is 48.5 Å². The van der Waals surface area contributed by atoms with Gasteiger partial charge in [0.1, 0.15) is 11.5 Å². The fraction of sp³-hybridized carbons (Fsp3) is 0.0769. The van der Waals surface area contributed by atoms with E-state index in [-0.39, 0.29) is 5.84 Å². The molecule has 2 rings (SSSR count). The standard InChI is InChI=1S/C13H13N3/c14-13(15)12-8-4-7-11(16-12)9-10-5-2-1-3-6-10/h1-8H,9H2,(H3,14,15). The zero-order valence-corrected chi connectivity index (χ0v) is 8.85. The summed E-state index contributed by atoms with van der Waals surface area (Å²) < 4.78 is 0. The third-order valence-electron chi connectivity index (χ3n) is 2.31. The van der Waals surface area contributed by atoms with Crippen LogP contribution >= 0.6 is 0 Å². The summed E-state index contributed by atoms with van der Waals surface area (Å²) in [4.78, 5) is 4.32. The maximum absolute atomic E-state index is 7.33. The first-order valence-corrected chi connectivity index (χ1v) is 5.10. The van der Waals surface area contributed by atoms with E-state index in [9.17, 15) is 0 Å². The van der Waals surface area contributed by atoms with Crippen molar-refractivity contribution in [2.75, 3.05) is 0 Å². The highest BCUT2D eigenvalue weighted by Crippen LogP contribution is 2.07. The minimum Gasteiger partial charge on any atom is -0.382 e. The highest BCUT2D eigenvalue weighted by molar-refractivity contribution is 5.92. The molecule has 0 atom stereocenters. The normalized spacial score (nSPS) is 10.0. The van der Waals surface area contributed by atoms with Gasteiger partial charge in [-0.25, -0.2) is 4.98 Å². The van der Waals surface area contributed by atoms with Gasteiger partial charge in [0.15, 0.2) is 0 Å². The van der Waals surface area contributed by atoms with E-state index < -0.39 is 0 Å². The Morgan fingerprint density at radius 2 is 1.81 bits per heavy atom. The molecule has 0 amide bonds. The van der Waals surface area contributed by atoms with E-state index in [1.807, 2.05) is 30.3 Å². The van der Waals surface area contributed by atoms with Crippen molar-refractivity contribution in [3.05, 3.63) is 65.5 Å². The lowest BCUT2D eigenvalue weighted by Gasteiger charge is -2.03. The average Bonchev–Trinajstić information content (AvgIpc) is 2.30. The minimum absolute atomic E-state index is 0.00918. The van der Waals surface area contributed by atoms with Crippen LogP contribution in [-0.4, -0.2) is 10.8 Å². The van der Waals surface area contributed by atoms with Crippen LogP contribution in [0.25, 0.3) is 0 Å². The summed E-state index contributed by atoms with van der Waals surface area (Å²) >= 11 is 0. The summed E-state index contributed by atoms with van der Waals surface area (Å²) in [6.07, 6.45) is 0.766. The van der Waals surface area contributed by atoms with Crippen molar-refractivity contribution in [1.29, 1.82) is 5.41 Å². The molecule has 1 aromatic heterocycles. The predicted octanol–water partition coefficient (Wildman–Crippen LogP) is 1.96. The molecule has 1 aromatic carbocycles. The lowest BCUT2D eigenvalue weighted by atomic mass is 10.1. The Morgan fingerprint density at radius 3 is 2.50 bits per heavy atom. The fourth-order valence-corrected chi connectivity index (χ4v) is 1.53. The summed E-state index contributed by atoms with van der Waals surface area (Å²) in [6, 6.07) is 15.7. The Morgan fingerprint density at radius 1 is 1.06 bits per heavy atom. The molecule has 3 heteroatoms.